The first-order valence-electron chi connectivity index (χ1n) is 5.04. The largest absolute Gasteiger partial charge is 0.373 e. The third-order valence-electron chi connectivity index (χ3n) is 2.15. The lowest BCUT2D eigenvalue weighted by molar-refractivity contribution is 0.0545. The maximum Gasteiger partial charge on any atom is 0.0721 e. The van der Waals surface area contributed by atoms with Crippen molar-refractivity contribution in [3.8, 4) is 0 Å². The Kier molecular flexibility index (Phi) is 4.63. The predicted octanol–water partition coefficient (Wildman–Crippen LogP) is 2.12. The van der Waals surface area contributed by atoms with Crippen molar-refractivity contribution in [1.82, 2.24) is 5.32 Å². The zero-order valence-corrected chi connectivity index (χ0v) is 9.21. The molecule has 0 amide bonds. The van der Waals surface area contributed by atoms with Crippen molar-refractivity contribution >= 4 is 0 Å². The second kappa shape index (κ2) is 5.78. The van der Waals surface area contributed by atoms with E-state index in [2.05, 4.69) is 43.4 Å². The Morgan fingerprint density at radius 3 is 2.50 bits per heavy atom. The number of aryl methyl sites for hydroxylation is 1. The molecule has 1 atom stereocenters. The third-order valence-corrected chi connectivity index (χ3v) is 2.15. The summed E-state index contributed by atoms with van der Waals surface area (Å²) in [5.74, 6) is 0. The zero-order valence-electron chi connectivity index (χ0n) is 9.21. The van der Waals surface area contributed by atoms with Gasteiger partial charge in [0.25, 0.3) is 0 Å². The van der Waals surface area contributed by atoms with Crippen molar-refractivity contribution in [2.24, 2.45) is 0 Å². The van der Waals surface area contributed by atoms with E-state index < -0.39 is 0 Å². The highest BCUT2D eigenvalue weighted by Crippen LogP contribution is 2.05. The second-order valence-corrected chi connectivity index (χ2v) is 3.66. The molecule has 0 spiro atoms. The van der Waals surface area contributed by atoms with E-state index in [4.69, 9.17) is 4.74 Å². The van der Waals surface area contributed by atoms with E-state index in [9.17, 15) is 0 Å². The van der Waals surface area contributed by atoms with Crippen LogP contribution in [0.4, 0.5) is 0 Å². The normalized spacial score (nSPS) is 12.8. The van der Waals surface area contributed by atoms with Crippen LogP contribution in [0.15, 0.2) is 24.3 Å². The van der Waals surface area contributed by atoms with E-state index in [-0.39, 0.29) is 6.10 Å². The van der Waals surface area contributed by atoms with Crippen LogP contribution in [0.1, 0.15) is 18.1 Å². The van der Waals surface area contributed by atoms with E-state index in [0.29, 0.717) is 6.61 Å². The first-order valence-corrected chi connectivity index (χ1v) is 5.04. The van der Waals surface area contributed by atoms with E-state index in [1.807, 2.05) is 7.05 Å². The van der Waals surface area contributed by atoms with Crippen LogP contribution < -0.4 is 5.32 Å². The fraction of sp³-hybridized carbons (Fsp3) is 0.500. The Morgan fingerprint density at radius 2 is 1.93 bits per heavy atom. The number of ether oxygens (including phenoxy) is 1. The van der Waals surface area contributed by atoms with Crippen molar-refractivity contribution in [2.45, 2.75) is 26.6 Å². The van der Waals surface area contributed by atoms with Crippen LogP contribution in [-0.2, 0) is 11.3 Å². The van der Waals surface area contributed by atoms with Gasteiger partial charge >= 0.3 is 0 Å². The van der Waals surface area contributed by atoms with Crippen molar-refractivity contribution in [3.05, 3.63) is 35.4 Å². The lowest BCUT2D eigenvalue weighted by Crippen LogP contribution is -2.23. The molecule has 0 aliphatic carbocycles. The highest BCUT2D eigenvalue weighted by molar-refractivity contribution is 5.20. The van der Waals surface area contributed by atoms with Crippen LogP contribution in [0, 0.1) is 6.92 Å². The molecule has 0 aromatic heterocycles. The van der Waals surface area contributed by atoms with Gasteiger partial charge in [0.05, 0.1) is 12.7 Å². The lowest BCUT2D eigenvalue weighted by atomic mass is 10.2. The van der Waals surface area contributed by atoms with Crippen LogP contribution in [0.25, 0.3) is 0 Å². The molecule has 0 fully saturated rings. The molecular weight excluding hydrogens is 174 g/mol. The molecule has 0 saturated carbocycles. The Bertz CT molecular complexity index is 256. The minimum atomic E-state index is 0.265. The Hall–Kier alpha value is -0.860. The molecule has 0 radical (unpaired) electrons. The fourth-order valence-corrected chi connectivity index (χ4v) is 1.27. The van der Waals surface area contributed by atoms with Crippen LogP contribution >= 0.6 is 0 Å². The molecular formula is C12H19NO. The van der Waals surface area contributed by atoms with Gasteiger partial charge in [-0.15, -0.1) is 0 Å². The summed E-state index contributed by atoms with van der Waals surface area (Å²) in [6, 6.07) is 8.45. The van der Waals surface area contributed by atoms with Crippen LogP contribution in [0.5, 0.6) is 0 Å². The summed E-state index contributed by atoms with van der Waals surface area (Å²) in [6.07, 6.45) is 0.265. The van der Waals surface area contributed by atoms with Gasteiger partial charge in [-0.3, -0.25) is 0 Å². The Morgan fingerprint density at radius 1 is 1.29 bits per heavy atom. The molecule has 0 aliphatic rings. The summed E-state index contributed by atoms with van der Waals surface area (Å²) in [4.78, 5) is 0. The summed E-state index contributed by atoms with van der Waals surface area (Å²) >= 11 is 0. The molecule has 1 aromatic carbocycles. The van der Waals surface area contributed by atoms with Gasteiger partial charge in [0.1, 0.15) is 0 Å². The molecule has 14 heavy (non-hydrogen) atoms. The number of rotatable bonds is 5. The van der Waals surface area contributed by atoms with Crippen molar-refractivity contribution in [2.75, 3.05) is 13.6 Å². The van der Waals surface area contributed by atoms with Gasteiger partial charge in [0.15, 0.2) is 0 Å². The van der Waals surface area contributed by atoms with Crippen molar-refractivity contribution < 1.29 is 4.74 Å². The van der Waals surface area contributed by atoms with E-state index in [0.717, 1.165) is 6.54 Å². The van der Waals surface area contributed by atoms with Gasteiger partial charge < -0.3 is 10.1 Å². The molecule has 1 rings (SSSR count). The molecule has 78 valence electrons. The summed E-state index contributed by atoms with van der Waals surface area (Å²) in [5, 5.41) is 3.09. The molecule has 2 nitrogen and oxygen atoms in total. The molecule has 1 aromatic rings. The van der Waals surface area contributed by atoms with Crippen molar-refractivity contribution in [1.29, 1.82) is 0 Å². The minimum Gasteiger partial charge on any atom is -0.373 e. The number of hydrogen-bond acceptors (Lipinski definition) is 2. The molecule has 0 bridgehead atoms. The second-order valence-electron chi connectivity index (χ2n) is 3.66. The van der Waals surface area contributed by atoms with Gasteiger partial charge in [-0.1, -0.05) is 29.8 Å². The number of nitrogens with one attached hydrogen (secondary N) is 1. The van der Waals surface area contributed by atoms with E-state index in [1.165, 1.54) is 11.1 Å². The van der Waals surface area contributed by atoms with Gasteiger partial charge in [0, 0.05) is 6.54 Å². The number of likely N-dealkylation sites (N-methyl/N-ethyl adjacent to an activating group) is 1. The third kappa shape index (κ3) is 3.90. The van der Waals surface area contributed by atoms with E-state index >= 15 is 0 Å². The van der Waals surface area contributed by atoms with Crippen molar-refractivity contribution in [3.63, 3.8) is 0 Å². The quantitative estimate of drug-likeness (QED) is 0.773. The maximum absolute atomic E-state index is 5.65. The summed E-state index contributed by atoms with van der Waals surface area (Å²) in [7, 11) is 1.94. The molecule has 1 N–H and O–H groups in total. The molecule has 0 heterocycles. The van der Waals surface area contributed by atoms with Gasteiger partial charge in [0.2, 0.25) is 0 Å². The predicted molar refractivity (Wildman–Crippen MR) is 59.4 cm³/mol. The summed E-state index contributed by atoms with van der Waals surface area (Å²) in [5.41, 5.74) is 2.52. The summed E-state index contributed by atoms with van der Waals surface area (Å²) < 4.78 is 5.65. The van der Waals surface area contributed by atoms with Crippen LogP contribution in [0.2, 0.25) is 0 Å². The maximum atomic E-state index is 5.65. The van der Waals surface area contributed by atoms with Gasteiger partial charge in [-0.2, -0.15) is 0 Å². The number of hydrogen-bond donors (Lipinski definition) is 1. The Labute approximate surface area is 86.3 Å². The highest BCUT2D eigenvalue weighted by Gasteiger charge is 2.00. The average Bonchev–Trinajstić information content (AvgIpc) is 2.17. The van der Waals surface area contributed by atoms with E-state index in [1.54, 1.807) is 0 Å². The Balaban J connectivity index is 2.34. The average molecular weight is 193 g/mol. The SMILES string of the molecule is CNCC(C)OCc1ccc(C)cc1. The standard InChI is InChI=1S/C12H19NO/c1-10-4-6-12(7-5-10)9-14-11(2)8-13-3/h4-7,11,13H,8-9H2,1-3H3. The first-order chi connectivity index (χ1) is 6.72. The molecule has 0 aliphatic heterocycles. The first kappa shape index (κ1) is 11.2. The molecule has 0 saturated heterocycles. The fourth-order valence-electron chi connectivity index (χ4n) is 1.27. The topological polar surface area (TPSA) is 21.3 Å². The monoisotopic (exact) mass is 193 g/mol. The lowest BCUT2D eigenvalue weighted by Gasteiger charge is -2.12. The molecule has 1 unspecified atom stereocenters. The van der Waals surface area contributed by atoms with Gasteiger partial charge in [-0.05, 0) is 26.5 Å². The van der Waals surface area contributed by atoms with Gasteiger partial charge in [-0.25, -0.2) is 0 Å². The summed E-state index contributed by atoms with van der Waals surface area (Å²) in [6.45, 7) is 5.76. The van der Waals surface area contributed by atoms with Crippen LogP contribution in [-0.4, -0.2) is 19.7 Å². The molecule has 2 heteroatoms. The number of benzene rings is 1. The van der Waals surface area contributed by atoms with Crippen LogP contribution in [0.3, 0.4) is 0 Å². The zero-order chi connectivity index (χ0) is 10.4. The highest BCUT2D eigenvalue weighted by atomic mass is 16.5. The minimum absolute atomic E-state index is 0.265. The smallest absolute Gasteiger partial charge is 0.0721 e.